The number of urea groups is 1. The van der Waals surface area contributed by atoms with Crippen LogP contribution >= 0.6 is 0 Å². The molecule has 1 aromatic heterocycles. The van der Waals surface area contributed by atoms with E-state index in [-0.39, 0.29) is 18.1 Å². The quantitative estimate of drug-likeness (QED) is 0.504. The highest BCUT2D eigenvalue weighted by molar-refractivity contribution is 6.02. The van der Waals surface area contributed by atoms with Gasteiger partial charge in [0.05, 0.1) is 29.3 Å². The van der Waals surface area contributed by atoms with Gasteiger partial charge in [0.2, 0.25) is 11.5 Å². The molecular formula is C24H23FN4O5. The highest BCUT2D eigenvalue weighted by Gasteiger charge is 2.62. The summed E-state index contributed by atoms with van der Waals surface area (Å²) in [5.74, 6) is -1.19. The monoisotopic (exact) mass is 466 g/mol. The minimum atomic E-state index is -1.48. The summed E-state index contributed by atoms with van der Waals surface area (Å²) in [5.41, 5.74) is 0.622. The van der Waals surface area contributed by atoms with E-state index in [9.17, 15) is 14.7 Å². The maximum atomic E-state index is 16.1. The predicted octanol–water partition coefficient (Wildman–Crippen LogP) is 2.32. The van der Waals surface area contributed by atoms with Crippen molar-refractivity contribution in [3.05, 3.63) is 47.8 Å². The summed E-state index contributed by atoms with van der Waals surface area (Å²) in [6.45, 7) is 3.94. The van der Waals surface area contributed by atoms with E-state index in [4.69, 9.17) is 9.26 Å². The maximum absolute atomic E-state index is 16.1. The summed E-state index contributed by atoms with van der Waals surface area (Å²) >= 11 is 0. The molecule has 3 aromatic rings. The summed E-state index contributed by atoms with van der Waals surface area (Å²) in [4.78, 5) is 27.0. The molecule has 0 radical (unpaired) electrons. The fraction of sp³-hybridized carbons (Fsp3) is 0.375. The zero-order valence-corrected chi connectivity index (χ0v) is 18.5. The van der Waals surface area contributed by atoms with Gasteiger partial charge in [-0.1, -0.05) is 35.5 Å². The summed E-state index contributed by atoms with van der Waals surface area (Å²) in [6.07, 6.45) is -2.27. The van der Waals surface area contributed by atoms with Crippen molar-refractivity contribution in [1.82, 2.24) is 15.8 Å². The number of hydrogen-bond acceptors (Lipinski definition) is 7. The molecular weight excluding hydrogens is 443 g/mol. The van der Waals surface area contributed by atoms with Gasteiger partial charge in [0.15, 0.2) is 5.82 Å². The molecule has 3 aliphatic rings. The molecule has 1 spiro atoms. The summed E-state index contributed by atoms with van der Waals surface area (Å²) < 4.78 is 27.5. The van der Waals surface area contributed by atoms with Gasteiger partial charge < -0.3 is 24.6 Å². The number of imide groups is 1. The SMILES string of the molecule is CC1CN2c3c(cc4c(-c5ccccc5)noc4c3F)CC3(C(=O)NC(=O)NC3O)C2C(C)O1. The normalized spacial score (nSPS) is 30.6. The Kier molecular flexibility index (Phi) is 4.49. The number of fused-ring (bicyclic) bond motifs is 5. The van der Waals surface area contributed by atoms with Crippen LogP contribution in [0.4, 0.5) is 14.9 Å². The Morgan fingerprint density at radius 2 is 2.00 bits per heavy atom. The van der Waals surface area contributed by atoms with Gasteiger partial charge in [-0.05, 0) is 31.9 Å². The third kappa shape index (κ3) is 2.75. The Balaban J connectivity index is 1.60. The number of aliphatic hydroxyl groups is 1. The smallest absolute Gasteiger partial charge is 0.323 e. The first-order valence-corrected chi connectivity index (χ1v) is 11.2. The average molecular weight is 466 g/mol. The molecule has 9 nitrogen and oxygen atoms in total. The number of aromatic nitrogens is 1. The van der Waals surface area contributed by atoms with Crippen LogP contribution in [0.5, 0.6) is 0 Å². The molecule has 3 amide bonds. The lowest BCUT2D eigenvalue weighted by molar-refractivity contribution is -0.155. The number of benzene rings is 2. The summed E-state index contributed by atoms with van der Waals surface area (Å²) in [7, 11) is 0. The molecule has 2 fully saturated rings. The van der Waals surface area contributed by atoms with Crippen LogP contribution in [0, 0.1) is 11.2 Å². The molecule has 6 rings (SSSR count). The average Bonchev–Trinajstić information content (AvgIpc) is 3.21. The van der Waals surface area contributed by atoms with E-state index in [2.05, 4.69) is 15.8 Å². The van der Waals surface area contributed by atoms with E-state index in [1.54, 1.807) is 17.9 Å². The number of amides is 3. The Bertz CT molecular complexity index is 1330. The third-order valence-electron chi connectivity index (χ3n) is 7.19. The van der Waals surface area contributed by atoms with E-state index in [0.717, 1.165) is 5.56 Å². The lowest BCUT2D eigenvalue weighted by atomic mass is 9.66. The van der Waals surface area contributed by atoms with Crippen molar-refractivity contribution >= 4 is 28.6 Å². The molecule has 4 heterocycles. The number of morpholine rings is 1. The first kappa shape index (κ1) is 21.1. The lowest BCUT2D eigenvalue weighted by Gasteiger charge is -2.57. The van der Waals surface area contributed by atoms with Gasteiger partial charge in [0.25, 0.3) is 0 Å². The van der Waals surface area contributed by atoms with Crippen LogP contribution < -0.4 is 15.5 Å². The Morgan fingerprint density at radius 3 is 2.74 bits per heavy atom. The molecule has 2 aromatic carbocycles. The third-order valence-corrected chi connectivity index (χ3v) is 7.19. The molecule has 10 heteroatoms. The highest BCUT2D eigenvalue weighted by atomic mass is 19.1. The molecule has 34 heavy (non-hydrogen) atoms. The minimum absolute atomic E-state index is 0.00880. The molecule has 0 aliphatic carbocycles. The number of carbonyl (C=O) groups is 2. The molecule has 3 N–H and O–H groups in total. The van der Waals surface area contributed by atoms with Crippen LogP contribution in [0.1, 0.15) is 19.4 Å². The molecule has 5 unspecified atom stereocenters. The van der Waals surface area contributed by atoms with E-state index >= 15 is 4.39 Å². The van der Waals surface area contributed by atoms with Crippen LogP contribution in [0.3, 0.4) is 0 Å². The first-order chi connectivity index (χ1) is 16.3. The molecule has 5 atom stereocenters. The number of halogens is 1. The fourth-order valence-electron chi connectivity index (χ4n) is 5.91. The van der Waals surface area contributed by atoms with Crippen molar-refractivity contribution in [3.8, 4) is 11.3 Å². The number of hydrogen-bond donors (Lipinski definition) is 3. The van der Waals surface area contributed by atoms with E-state index in [1.807, 2.05) is 37.3 Å². The lowest BCUT2D eigenvalue weighted by Crippen LogP contribution is -2.76. The summed E-state index contributed by atoms with van der Waals surface area (Å²) in [6, 6.07) is 9.55. The number of nitrogens with zero attached hydrogens (tertiary/aromatic N) is 2. The zero-order valence-electron chi connectivity index (χ0n) is 18.5. The van der Waals surface area contributed by atoms with Crippen LogP contribution in [0.25, 0.3) is 22.2 Å². The van der Waals surface area contributed by atoms with Crippen molar-refractivity contribution in [1.29, 1.82) is 0 Å². The van der Waals surface area contributed by atoms with Crippen LogP contribution in [0.15, 0.2) is 40.9 Å². The van der Waals surface area contributed by atoms with Crippen molar-refractivity contribution < 1.29 is 28.3 Å². The predicted molar refractivity (Wildman–Crippen MR) is 119 cm³/mol. The highest BCUT2D eigenvalue weighted by Crippen LogP contribution is 2.50. The van der Waals surface area contributed by atoms with Gasteiger partial charge in [0, 0.05) is 12.1 Å². The van der Waals surface area contributed by atoms with Crippen molar-refractivity contribution in [2.75, 3.05) is 11.4 Å². The van der Waals surface area contributed by atoms with Gasteiger partial charge in [0.1, 0.15) is 17.3 Å². The second-order valence-corrected chi connectivity index (χ2v) is 9.27. The minimum Gasteiger partial charge on any atom is -0.372 e. The van der Waals surface area contributed by atoms with Crippen molar-refractivity contribution in [2.24, 2.45) is 5.41 Å². The molecule has 0 saturated carbocycles. The second kappa shape index (κ2) is 7.25. The van der Waals surface area contributed by atoms with Crippen LogP contribution in [-0.2, 0) is 16.0 Å². The molecule has 0 bridgehead atoms. The van der Waals surface area contributed by atoms with Crippen molar-refractivity contribution in [3.63, 3.8) is 0 Å². The topological polar surface area (TPSA) is 117 Å². The zero-order chi connectivity index (χ0) is 23.8. The van der Waals surface area contributed by atoms with Gasteiger partial charge in [-0.2, -0.15) is 0 Å². The fourth-order valence-corrected chi connectivity index (χ4v) is 5.91. The first-order valence-electron chi connectivity index (χ1n) is 11.2. The largest absolute Gasteiger partial charge is 0.372 e. The number of ether oxygens (including phenoxy) is 1. The standard InChI is InChI=1S/C24H23FN4O5/c1-11-10-29-18-14(8-15-17(13-6-4-3-5-7-13)28-34-19(15)16(18)25)9-24(20(29)12(2)33-11)21(30)26-23(32)27-22(24)31/h3-8,11-12,20-21,30H,9-10H2,1-2H3,(H2,26,27,31,32). The van der Waals surface area contributed by atoms with Gasteiger partial charge in [-0.25, -0.2) is 9.18 Å². The van der Waals surface area contributed by atoms with Gasteiger partial charge in [-0.3, -0.25) is 10.1 Å². The van der Waals surface area contributed by atoms with Crippen molar-refractivity contribution in [2.45, 2.75) is 44.7 Å². The van der Waals surface area contributed by atoms with E-state index in [0.29, 0.717) is 28.9 Å². The van der Waals surface area contributed by atoms with E-state index in [1.165, 1.54) is 0 Å². The van der Waals surface area contributed by atoms with Crippen LogP contribution in [-0.4, -0.2) is 53.2 Å². The van der Waals surface area contributed by atoms with Gasteiger partial charge >= 0.3 is 6.03 Å². The summed E-state index contributed by atoms with van der Waals surface area (Å²) in [5, 5.41) is 20.4. The number of rotatable bonds is 1. The number of carbonyl (C=O) groups excluding carboxylic acids is 2. The Morgan fingerprint density at radius 1 is 1.24 bits per heavy atom. The van der Waals surface area contributed by atoms with E-state index < -0.39 is 41.5 Å². The number of nitrogens with one attached hydrogen (secondary N) is 2. The molecule has 2 saturated heterocycles. The molecule has 3 aliphatic heterocycles. The number of aliphatic hydroxyl groups excluding tert-OH is 1. The molecule has 176 valence electrons. The Labute approximate surface area is 193 Å². The number of anilines is 1. The van der Waals surface area contributed by atoms with Crippen LogP contribution in [0.2, 0.25) is 0 Å². The Hall–Kier alpha value is -3.50. The second-order valence-electron chi connectivity index (χ2n) is 9.27. The maximum Gasteiger partial charge on any atom is 0.323 e. The van der Waals surface area contributed by atoms with Gasteiger partial charge in [-0.15, -0.1) is 0 Å².